The number of nitro groups is 1. The molecule has 0 heterocycles. The van der Waals surface area contributed by atoms with Gasteiger partial charge in [0.1, 0.15) is 0 Å². The van der Waals surface area contributed by atoms with Gasteiger partial charge in [-0.25, -0.2) is 4.79 Å². The topological polar surface area (TPSA) is 75.5 Å². The summed E-state index contributed by atoms with van der Waals surface area (Å²) in [5.41, 5.74) is 2.33. The number of hydrogen-bond acceptors (Lipinski definition) is 3. The third-order valence-corrected chi connectivity index (χ3v) is 4.03. The van der Waals surface area contributed by atoms with Gasteiger partial charge in [-0.3, -0.25) is 10.1 Å². The zero-order chi connectivity index (χ0) is 19.1. The minimum Gasteiger partial charge on any atom is -0.316 e. The number of benzene rings is 3. The third-order valence-electron chi connectivity index (χ3n) is 4.03. The fraction of sp³-hybridized carbons (Fsp3) is 0.0952. The number of amides is 2. The Morgan fingerprint density at radius 3 is 1.93 bits per heavy atom. The summed E-state index contributed by atoms with van der Waals surface area (Å²) >= 11 is 0. The van der Waals surface area contributed by atoms with E-state index in [-0.39, 0.29) is 11.7 Å². The molecule has 0 saturated heterocycles. The molecule has 0 aliphatic carbocycles. The highest BCUT2D eigenvalue weighted by molar-refractivity contribution is 5.89. The number of carbonyl (C=O) groups is 1. The summed E-state index contributed by atoms with van der Waals surface area (Å²) in [6.45, 7) is 0.854. The zero-order valence-electron chi connectivity index (χ0n) is 14.6. The SMILES string of the molecule is O=C(Nc1cccc([N+](=O)[O-])c1)N(Cc1ccccc1)Cc1ccccc1. The molecule has 1 N–H and O–H groups in total. The van der Waals surface area contributed by atoms with Gasteiger partial charge in [0.25, 0.3) is 5.69 Å². The lowest BCUT2D eigenvalue weighted by Crippen LogP contribution is -2.34. The Hall–Kier alpha value is -3.67. The van der Waals surface area contributed by atoms with Crippen LogP contribution < -0.4 is 5.32 Å². The van der Waals surface area contributed by atoms with Crippen molar-refractivity contribution in [2.45, 2.75) is 13.1 Å². The maximum absolute atomic E-state index is 12.8. The lowest BCUT2D eigenvalue weighted by Gasteiger charge is -2.23. The van der Waals surface area contributed by atoms with Gasteiger partial charge in [0.05, 0.1) is 4.92 Å². The molecule has 0 aliphatic rings. The second-order valence-electron chi connectivity index (χ2n) is 6.06. The van der Waals surface area contributed by atoms with Crippen LogP contribution in [-0.4, -0.2) is 15.9 Å². The molecule has 3 aromatic carbocycles. The molecule has 0 saturated carbocycles. The van der Waals surface area contributed by atoms with Gasteiger partial charge < -0.3 is 10.2 Å². The number of nitrogens with one attached hydrogen (secondary N) is 1. The van der Waals surface area contributed by atoms with E-state index in [2.05, 4.69) is 5.32 Å². The Morgan fingerprint density at radius 2 is 1.41 bits per heavy atom. The molecule has 6 nitrogen and oxygen atoms in total. The first-order valence-corrected chi connectivity index (χ1v) is 8.50. The van der Waals surface area contributed by atoms with Gasteiger partial charge in [-0.2, -0.15) is 0 Å². The van der Waals surface area contributed by atoms with Crippen molar-refractivity contribution in [3.63, 3.8) is 0 Å². The highest BCUT2D eigenvalue weighted by atomic mass is 16.6. The lowest BCUT2D eigenvalue weighted by molar-refractivity contribution is -0.384. The molecule has 3 rings (SSSR count). The van der Waals surface area contributed by atoms with Crippen LogP contribution in [0.25, 0.3) is 0 Å². The Morgan fingerprint density at radius 1 is 0.852 bits per heavy atom. The second-order valence-corrected chi connectivity index (χ2v) is 6.06. The minimum atomic E-state index is -0.485. The van der Waals surface area contributed by atoms with E-state index in [0.29, 0.717) is 18.8 Å². The summed E-state index contributed by atoms with van der Waals surface area (Å²) in [6.07, 6.45) is 0. The number of non-ortho nitro benzene ring substituents is 1. The van der Waals surface area contributed by atoms with Crippen LogP contribution in [0.15, 0.2) is 84.9 Å². The molecule has 136 valence electrons. The van der Waals surface area contributed by atoms with Crippen LogP contribution in [0, 0.1) is 10.1 Å². The molecular formula is C21H19N3O3. The van der Waals surface area contributed by atoms with Crippen molar-refractivity contribution in [3.05, 3.63) is 106 Å². The van der Waals surface area contributed by atoms with Crippen LogP contribution in [0.5, 0.6) is 0 Å². The standard InChI is InChI=1S/C21H19N3O3/c25-21(22-19-12-7-13-20(14-19)24(26)27)23(15-17-8-3-1-4-9-17)16-18-10-5-2-6-11-18/h1-14H,15-16H2,(H,22,25). The first kappa shape index (κ1) is 18.1. The largest absolute Gasteiger partial charge is 0.322 e. The molecular weight excluding hydrogens is 342 g/mol. The number of urea groups is 1. The molecule has 0 fully saturated rings. The first-order chi connectivity index (χ1) is 13.1. The van der Waals surface area contributed by atoms with Gasteiger partial charge in [0, 0.05) is 30.9 Å². The maximum Gasteiger partial charge on any atom is 0.322 e. The first-order valence-electron chi connectivity index (χ1n) is 8.50. The van der Waals surface area contributed by atoms with E-state index in [1.165, 1.54) is 12.1 Å². The molecule has 0 atom stereocenters. The highest BCUT2D eigenvalue weighted by Gasteiger charge is 2.16. The van der Waals surface area contributed by atoms with Crippen LogP contribution in [0.1, 0.15) is 11.1 Å². The average Bonchev–Trinajstić information content (AvgIpc) is 2.69. The molecule has 3 aromatic rings. The fourth-order valence-corrected chi connectivity index (χ4v) is 2.71. The van der Waals surface area contributed by atoms with Crippen molar-refractivity contribution in [3.8, 4) is 0 Å². The molecule has 0 aromatic heterocycles. The Bertz CT molecular complexity index is 873. The van der Waals surface area contributed by atoms with Crippen molar-refractivity contribution < 1.29 is 9.72 Å². The molecule has 6 heteroatoms. The van der Waals surface area contributed by atoms with Gasteiger partial charge in [-0.1, -0.05) is 66.7 Å². The predicted molar refractivity (Wildman–Crippen MR) is 104 cm³/mol. The summed E-state index contributed by atoms with van der Waals surface area (Å²) in [4.78, 5) is 25.0. The molecule has 0 radical (unpaired) electrons. The number of nitro benzene ring substituents is 1. The average molecular weight is 361 g/mol. The molecule has 2 amide bonds. The quantitative estimate of drug-likeness (QED) is 0.505. The maximum atomic E-state index is 12.8. The monoisotopic (exact) mass is 361 g/mol. The minimum absolute atomic E-state index is 0.0644. The number of nitrogens with zero attached hydrogens (tertiary/aromatic N) is 2. The second kappa shape index (κ2) is 8.62. The van der Waals surface area contributed by atoms with Crippen molar-refractivity contribution in [1.82, 2.24) is 4.90 Å². The number of rotatable bonds is 6. The summed E-state index contributed by atoms with van der Waals surface area (Å²) in [5.74, 6) is 0. The van der Waals surface area contributed by atoms with Crippen LogP contribution >= 0.6 is 0 Å². The Labute approximate surface area is 157 Å². The van der Waals surface area contributed by atoms with E-state index >= 15 is 0 Å². The van der Waals surface area contributed by atoms with Gasteiger partial charge in [0.2, 0.25) is 0 Å². The van der Waals surface area contributed by atoms with Crippen molar-refractivity contribution in [2.24, 2.45) is 0 Å². The number of carbonyl (C=O) groups excluding carboxylic acids is 1. The molecule has 0 unspecified atom stereocenters. The van der Waals surface area contributed by atoms with Crippen molar-refractivity contribution >= 4 is 17.4 Å². The normalized spacial score (nSPS) is 10.2. The van der Waals surface area contributed by atoms with Crippen molar-refractivity contribution in [2.75, 3.05) is 5.32 Å². The van der Waals surface area contributed by atoms with Crippen LogP contribution in [-0.2, 0) is 13.1 Å². The third kappa shape index (κ3) is 5.15. The summed E-state index contributed by atoms with van der Waals surface area (Å²) < 4.78 is 0. The van der Waals surface area contributed by atoms with Crippen LogP contribution in [0.2, 0.25) is 0 Å². The zero-order valence-corrected chi connectivity index (χ0v) is 14.6. The molecule has 27 heavy (non-hydrogen) atoms. The van der Waals surface area contributed by atoms with E-state index in [1.807, 2.05) is 60.7 Å². The smallest absolute Gasteiger partial charge is 0.316 e. The molecule has 0 aliphatic heterocycles. The number of anilines is 1. The molecule has 0 spiro atoms. The van der Waals surface area contributed by atoms with Crippen molar-refractivity contribution in [1.29, 1.82) is 0 Å². The highest BCUT2D eigenvalue weighted by Crippen LogP contribution is 2.18. The van der Waals surface area contributed by atoms with Crippen LogP contribution in [0.4, 0.5) is 16.2 Å². The van der Waals surface area contributed by atoms with Gasteiger partial charge >= 0.3 is 6.03 Å². The Balaban J connectivity index is 1.79. The van der Waals surface area contributed by atoms with Gasteiger partial charge in [-0.15, -0.1) is 0 Å². The molecule has 0 bridgehead atoms. The van der Waals surface area contributed by atoms with Crippen LogP contribution in [0.3, 0.4) is 0 Å². The van der Waals surface area contributed by atoms with Gasteiger partial charge in [-0.05, 0) is 17.2 Å². The summed E-state index contributed by atoms with van der Waals surface area (Å²) in [6, 6.07) is 25.0. The summed E-state index contributed by atoms with van der Waals surface area (Å²) in [5, 5.41) is 13.7. The lowest BCUT2D eigenvalue weighted by atomic mass is 10.2. The van der Waals surface area contributed by atoms with E-state index < -0.39 is 4.92 Å². The fourth-order valence-electron chi connectivity index (χ4n) is 2.71. The van der Waals surface area contributed by atoms with E-state index in [1.54, 1.807) is 17.0 Å². The number of hydrogen-bond donors (Lipinski definition) is 1. The van der Waals surface area contributed by atoms with E-state index in [9.17, 15) is 14.9 Å². The van der Waals surface area contributed by atoms with E-state index in [0.717, 1.165) is 11.1 Å². The predicted octanol–water partition coefficient (Wildman–Crippen LogP) is 4.83. The summed E-state index contributed by atoms with van der Waals surface area (Å²) in [7, 11) is 0. The van der Waals surface area contributed by atoms with E-state index in [4.69, 9.17) is 0 Å². The Kier molecular flexibility index (Phi) is 5.79. The van der Waals surface area contributed by atoms with Gasteiger partial charge in [0.15, 0.2) is 0 Å².